The van der Waals surface area contributed by atoms with E-state index in [0.717, 1.165) is 32.2 Å². The van der Waals surface area contributed by atoms with Crippen molar-refractivity contribution in [3.05, 3.63) is 64.3 Å². The maximum Gasteiger partial charge on any atom is 0.329 e. The third kappa shape index (κ3) is 8.54. The lowest BCUT2D eigenvalue weighted by atomic mass is 9.81. The first-order valence-electron chi connectivity index (χ1n) is 14.2. The van der Waals surface area contributed by atoms with E-state index in [1.807, 2.05) is 33.2 Å². The molecular weight excluding hydrogens is 613 g/mol. The van der Waals surface area contributed by atoms with Crippen LogP contribution >= 0.6 is 35.6 Å². The maximum atomic E-state index is 13.5. The highest BCUT2D eigenvalue weighted by atomic mass is 35.5. The van der Waals surface area contributed by atoms with Gasteiger partial charge in [-0.25, -0.2) is 9.78 Å². The fraction of sp³-hybridized carbons (Fsp3) is 0.406. The number of nitrogens with one attached hydrogen (secondary N) is 1. The summed E-state index contributed by atoms with van der Waals surface area (Å²) in [5.41, 5.74) is 1.27. The van der Waals surface area contributed by atoms with E-state index < -0.39 is 17.4 Å². The lowest BCUT2D eigenvalue weighted by Crippen LogP contribution is -2.55. The van der Waals surface area contributed by atoms with Crippen LogP contribution in [0.3, 0.4) is 0 Å². The Morgan fingerprint density at radius 2 is 1.70 bits per heavy atom. The van der Waals surface area contributed by atoms with Crippen LogP contribution in [-0.4, -0.2) is 66.3 Å². The van der Waals surface area contributed by atoms with Gasteiger partial charge in [0.05, 0.1) is 23.9 Å². The van der Waals surface area contributed by atoms with Crippen LogP contribution in [0.4, 0.5) is 0 Å². The highest BCUT2D eigenvalue weighted by Crippen LogP contribution is 2.39. The number of halogens is 3. The minimum absolute atomic E-state index is 0. The van der Waals surface area contributed by atoms with Gasteiger partial charge < -0.3 is 24.8 Å². The molecule has 1 saturated carbocycles. The fourth-order valence-corrected chi connectivity index (χ4v) is 5.53. The van der Waals surface area contributed by atoms with Crippen molar-refractivity contribution in [3.8, 4) is 33.9 Å². The van der Waals surface area contributed by atoms with Gasteiger partial charge in [0.25, 0.3) is 5.91 Å². The Labute approximate surface area is 269 Å². The fourth-order valence-electron chi connectivity index (χ4n) is 5.14. The molecule has 0 atom stereocenters. The average Bonchev–Trinajstić information content (AvgIpc) is 2.97. The van der Waals surface area contributed by atoms with E-state index in [0.29, 0.717) is 70.0 Å². The largest absolute Gasteiger partial charge is 0.494 e. The smallest absolute Gasteiger partial charge is 0.329 e. The summed E-state index contributed by atoms with van der Waals surface area (Å²) >= 11 is 13.1. The van der Waals surface area contributed by atoms with Gasteiger partial charge in [-0.05, 0) is 82.7 Å². The number of pyridine rings is 1. The highest BCUT2D eigenvalue weighted by molar-refractivity contribution is 6.33. The second-order valence-electron chi connectivity index (χ2n) is 10.7. The Bertz CT molecular complexity index is 1430. The highest BCUT2D eigenvalue weighted by Gasteiger charge is 2.41. The molecule has 11 heteroatoms. The Hall–Kier alpha value is -3.04. The van der Waals surface area contributed by atoms with Crippen LogP contribution in [0.25, 0.3) is 22.4 Å². The van der Waals surface area contributed by atoms with Crippen LogP contribution in [-0.2, 0) is 4.79 Å². The van der Waals surface area contributed by atoms with Crippen LogP contribution in [0.15, 0.2) is 48.5 Å². The van der Waals surface area contributed by atoms with E-state index in [1.54, 1.807) is 36.4 Å². The number of nitrogens with zero attached hydrogens (tertiary/aromatic N) is 2. The van der Waals surface area contributed by atoms with Crippen molar-refractivity contribution < 1.29 is 24.2 Å². The number of hydrogen-bond acceptors (Lipinski definition) is 6. The molecule has 3 aromatic rings. The molecule has 2 N–H and O–H groups in total. The van der Waals surface area contributed by atoms with Crippen LogP contribution in [0.1, 0.15) is 55.9 Å². The SMILES string of the molecule is CCOc1ccc(Cl)c(-c2ccc(C(=O)NC3(C(=O)O)CCCCC3)nc2-c2ccc(Cl)c(OCCCN(C)C)c2)c1.Cl. The second kappa shape index (κ2) is 15.6. The molecule has 0 radical (unpaired) electrons. The first kappa shape index (κ1) is 34.5. The predicted molar refractivity (Wildman–Crippen MR) is 173 cm³/mol. The number of benzene rings is 2. The quantitative estimate of drug-likeness (QED) is 0.197. The number of carbonyl (C=O) groups excluding carboxylic acids is 1. The molecule has 1 amide bonds. The number of amides is 1. The van der Waals surface area contributed by atoms with Gasteiger partial charge in [-0.1, -0.05) is 48.5 Å². The van der Waals surface area contributed by atoms with Crippen molar-refractivity contribution in [3.63, 3.8) is 0 Å². The lowest BCUT2D eigenvalue weighted by Gasteiger charge is -2.33. The standard InChI is InChI=1S/C32H37Cl2N3O5.ClH/c1-4-41-22-10-13-25(33)24(20-22)23-11-14-27(30(38)36-32(31(39)40)15-6-5-7-16-32)35-29(23)21-9-12-26(34)28(19-21)42-18-8-17-37(2)3;/h9-14,19-20H,4-8,15-18H2,1-3H3,(H,36,38)(H,39,40);1H. The zero-order valence-corrected chi connectivity index (χ0v) is 26.9. The van der Waals surface area contributed by atoms with E-state index in [4.69, 9.17) is 37.7 Å². The molecule has 0 saturated heterocycles. The van der Waals surface area contributed by atoms with Crippen molar-refractivity contribution in [2.24, 2.45) is 0 Å². The van der Waals surface area contributed by atoms with Crippen LogP contribution in [0, 0.1) is 0 Å². The molecule has 4 rings (SSSR count). The van der Waals surface area contributed by atoms with Gasteiger partial charge >= 0.3 is 5.97 Å². The van der Waals surface area contributed by atoms with Gasteiger partial charge in [0.2, 0.25) is 0 Å². The number of carbonyl (C=O) groups is 2. The van der Waals surface area contributed by atoms with Gasteiger partial charge in [-0.15, -0.1) is 12.4 Å². The molecule has 43 heavy (non-hydrogen) atoms. The number of aliphatic carboxylic acids is 1. The summed E-state index contributed by atoms with van der Waals surface area (Å²) < 4.78 is 11.7. The van der Waals surface area contributed by atoms with Gasteiger partial charge in [0, 0.05) is 28.3 Å². The van der Waals surface area contributed by atoms with Gasteiger partial charge in [-0.3, -0.25) is 4.79 Å². The zero-order chi connectivity index (χ0) is 30.3. The minimum atomic E-state index is -1.31. The molecule has 1 aromatic heterocycles. The predicted octanol–water partition coefficient (Wildman–Crippen LogP) is 7.39. The molecule has 0 spiro atoms. The summed E-state index contributed by atoms with van der Waals surface area (Å²) in [6.45, 7) is 3.73. The molecule has 232 valence electrons. The molecule has 1 aliphatic rings. The van der Waals surface area contributed by atoms with Crippen LogP contribution in [0.2, 0.25) is 10.0 Å². The third-order valence-electron chi connectivity index (χ3n) is 7.35. The normalized spacial score (nSPS) is 14.1. The topological polar surface area (TPSA) is 101 Å². The summed E-state index contributed by atoms with van der Waals surface area (Å²) in [7, 11) is 4.00. The molecule has 0 aliphatic heterocycles. The number of hydrogen-bond donors (Lipinski definition) is 2. The van der Waals surface area contributed by atoms with Gasteiger partial charge in [-0.2, -0.15) is 0 Å². The molecule has 0 bridgehead atoms. The minimum Gasteiger partial charge on any atom is -0.494 e. The summed E-state index contributed by atoms with van der Waals surface area (Å²) in [5, 5.41) is 13.7. The maximum absolute atomic E-state index is 13.5. The van der Waals surface area contributed by atoms with Gasteiger partial charge in [0.15, 0.2) is 0 Å². The molecule has 0 unspecified atom stereocenters. The van der Waals surface area contributed by atoms with E-state index in [9.17, 15) is 14.7 Å². The third-order valence-corrected chi connectivity index (χ3v) is 7.99. The van der Waals surface area contributed by atoms with E-state index in [2.05, 4.69) is 10.2 Å². The first-order valence-corrected chi connectivity index (χ1v) is 15.0. The summed E-state index contributed by atoms with van der Waals surface area (Å²) in [4.78, 5) is 32.5. The number of aromatic nitrogens is 1. The Kier molecular flexibility index (Phi) is 12.5. The van der Waals surface area contributed by atoms with E-state index >= 15 is 0 Å². The first-order chi connectivity index (χ1) is 20.1. The van der Waals surface area contributed by atoms with Crippen LogP contribution in [0.5, 0.6) is 11.5 Å². The lowest BCUT2D eigenvalue weighted by molar-refractivity contribution is -0.145. The van der Waals surface area contributed by atoms with Crippen molar-refractivity contribution in [2.75, 3.05) is 33.9 Å². The number of rotatable bonds is 12. The Morgan fingerprint density at radius 3 is 2.37 bits per heavy atom. The van der Waals surface area contributed by atoms with E-state index in [1.165, 1.54) is 0 Å². The monoisotopic (exact) mass is 649 g/mol. The van der Waals surface area contributed by atoms with Crippen molar-refractivity contribution in [1.29, 1.82) is 0 Å². The number of carboxylic acids is 1. The van der Waals surface area contributed by atoms with Crippen molar-refractivity contribution in [1.82, 2.24) is 15.2 Å². The molecule has 2 aromatic carbocycles. The summed E-state index contributed by atoms with van der Waals surface area (Å²) in [5.74, 6) is -0.431. The molecular formula is C32H38Cl3N3O5. The average molecular weight is 651 g/mol. The van der Waals surface area contributed by atoms with Crippen molar-refractivity contribution in [2.45, 2.75) is 51.0 Å². The molecule has 1 fully saturated rings. The van der Waals surface area contributed by atoms with E-state index in [-0.39, 0.29) is 18.1 Å². The van der Waals surface area contributed by atoms with Crippen LogP contribution < -0.4 is 14.8 Å². The zero-order valence-electron chi connectivity index (χ0n) is 24.6. The molecule has 8 nitrogen and oxygen atoms in total. The number of carboxylic acid groups (broad SMARTS) is 1. The number of ether oxygens (including phenoxy) is 2. The summed E-state index contributed by atoms with van der Waals surface area (Å²) in [6.07, 6.45) is 3.99. The second-order valence-corrected chi connectivity index (χ2v) is 11.5. The molecule has 1 aliphatic carbocycles. The Balaban J connectivity index is 0.00000506. The molecule has 1 heterocycles. The van der Waals surface area contributed by atoms with Gasteiger partial charge in [0.1, 0.15) is 22.7 Å². The summed E-state index contributed by atoms with van der Waals surface area (Å²) in [6, 6.07) is 14.1. The Morgan fingerprint density at radius 1 is 0.977 bits per heavy atom. The van der Waals surface area contributed by atoms with Crippen molar-refractivity contribution >= 4 is 47.5 Å².